The van der Waals surface area contributed by atoms with E-state index in [1.54, 1.807) is 24.3 Å². The number of carbonyl (C=O) groups is 2. The minimum Gasteiger partial charge on any atom is -0.351 e. The lowest BCUT2D eigenvalue weighted by Crippen LogP contribution is -2.19. The Morgan fingerprint density at radius 2 is 1.72 bits per heavy atom. The largest absolute Gasteiger partial charge is 0.351 e. The molecule has 0 saturated carbocycles. The van der Waals surface area contributed by atoms with Gasteiger partial charge in [-0.05, 0) is 24.3 Å². The van der Waals surface area contributed by atoms with Gasteiger partial charge in [-0.1, -0.05) is 0 Å². The van der Waals surface area contributed by atoms with Gasteiger partial charge in [0.05, 0.1) is 11.8 Å². The molecule has 7 nitrogen and oxygen atoms in total. The van der Waals surface area contributed by atoms with Gasteiger partial charge in [-0.25, -0.2) is 4.79 Å². The van der Waals surface area contributed by atoms with E-state index < -0.39 is 6.03 Å². The number of aromatic nitrogens is 2. The summed E-state index contributed by atoms with van der Waals surface area (Å²) >= 11 is 0. The highest BCUT2D eigenvalue weighted by Gasteiger charge is 2.06. The molecule has 0 unspecified atom stereocenters. The normalized spacial score (nSPS) is 9.78. The zero-order valence-electron chi connectivity index (χ0n) is 9.31. The molecule has 0 aliphatic rings. The molecule has 18 heavy (non-hydrogen) atoms. The zero-order valence-corrected chi connectivity index (χ0v) is 9.31. The lowest BCUT2D eigenvalue weighted by atomic mass is 10.2. The van der Waals surface area contributed by atoms with Gasteiger partial charge >= 0.3 is 6.03 Å². The first kappa shape index (κ1) is 11.6. The summed E-state index contributed by atoms with van der Waals surface area (Å²) in [6, 6.07) is 5.95. The topological polar surface area (TPSA) is 113 Å². The van der Waals surface area contributed by atoms with Crippen molar-refractivity contribution in [1.29, 1.82) is 0 Å². The molecule has 1 aromatic heterocycles. The number of hydrogen-bond donors (Lipinski definition) is 4. The summed E-state index contributed by atoms with van der Waals surface area (Å²) in [7, 11) is 0. The Bertz CT molecular complexity index is 547. The van der Waals surface area contributed by atoms with Crippen LogP contribution in [0, 0.1) is 0 Å². The Morgan fingerprint density at radius 3 is 2.22 bits per heavy atom. The maximum absolute atomic E-state index is 11.7. The highest BCUT2D eigenvalue weighted by molar-refractivity contribution is 6.04. The van der Waals surface area contributed by atoms with Crippen molar-refractivity contribution in [2.24, 2.45) is 5.73 Å². The summed E-state index contributed by atoms with van der Waals surface area (Å²) in [4.78, 5) is 22.3. The van der Waals surface area contributed by atoms with E-state index in [-0.39, 0.29) is 5.91 Å². The molecule has 0 radical (unpaired) electrons. The Hall–Kier alpha value is -2.83. The van der Waals surface area contributed by atoms with Gasteiger partial charge in [-0.2, -0.15) is 5.10 Å². The summed E-state index contributed by atoms with van der Waals surface area (Å²) in [6.45, 7) is 0. The van der Waals surface area contributed by atoms with E-state index in [0.717, 1.165) is 0 Å². The maximum atomic E-state index is 11.7. The fourth-order valence-electron chi connectivity index (χ4n) is 1.36. The third kappa shape index (κ3) is 2.85. The van der Waals surface area contributed by atoms with Crippen molar-refractivity contribution in [3.8, 4) is 0 Å². The van der Waals surface area contributed by atoms with Gasteiger partial charge in [0.15, 0.2) is 0 Å². The monoisotopic (exact) mass is 245 g/mol. The first-order valence-electron chi connectivity index (χ1n) is 5.12. The van der Waals surface area contributed by atoms with Crippen molar-refractivity contribution in [3.63, 3.8) is 0 Å². The number of primary amides is 1. The fourth-order valence-corrected chi connectivity index (χ4v) is 1.36. The maximum Gasteiger partial charge on any atom is 0.316 e. The number of amides is 3. The molecule has 0 spiro atoms. The molecule has 5 N–H and O–H groups in total. The number of urea groups is 1. The molecular weight excluding hydrogens is 234 g/mol. The van der Waals surface area contributed by atoms with Crippen molar-refractivity contribution >= 4 is 23.3 Å². The molecule has 0 saturated heterocycles. The second-order valence-corrected chi connectivity index (χ2v) is 3.51. The molecular formula is C11H11N5O2. The van der Waals surface area contributed by atoms with Crippen molar-refractivity contribution < 1.29 is 9.59 Å². The van der Waals surface area contributed by atoms with Crippen LogP contribution < -0.4 is 16.4 Å². The van der Waals surface area contributed by atoms with Crippen LogP contribution in [-0.2, 0) is 0 Å². The number of benzene rings is 1. The fraction of sp³-hybridized carbons (Fsp3) is 0. The third-order valence-electron chi connectivity index (χ3n) is 2.17. The number of nitrogens with zero attached hydrogens (tertiary/aromatic N) is 1. The van der Waals surface area contributed by atoms with Crippen molar-refractivity contribution in [2.75, 3.05) is 10.6 Å². The van der Waals surface area contributed by atoms with Crippen LogP contribution in [-0.4, -0.2) is 22.1 Å². The average molecular weight is 245 g/mol. The number of aromatic amines is 1. The van der Waals surface area contributed by atoms with Crippen LogP contribution in [0.25, 0.3) is 0 Å². The quantitative estimate of drug-likeness (QED) is 0.650. The summed E-state index contributed by atoms with van der Waals surface area (Å²) in [6.07, 6.45) is 2.93. The first-order chi connectivity index (χ1) is 8.65. The van der Waals surface area contributed by atoms with Gasteiger partial charge in [-0.3, -0.25) is 9.89 Å². The molecule has 3 amide bonds. The summed E-state index contributed by atoms with van der Waals surface area (Å²) in [5.74, 6) is -0.264. The van der Waals surface area contributed by atoms with Crippen molar-refractivity contribution in [2.45, 2.75) is 0 Å². The summed E-state index contributed by atoms with van der Waals surface area (Å²) in [5.41, 5.74) is 6.58. The smallest absolute Gasteiger partial charge is 0.316 e. The Kier molecular flexibility index (Phi) is 3.24. The van der Waals surface area contributed by atoms with E-state index >= 15 is 0 Å². The molecule has 92 valence electrons. The van der Waals surface area contributed by atoms with Crippen LogP contribution in [0.4, 0.5) is 16.2 Å². The second-order valence-electron chi connectivity index (χ2n) is 3.51. The van der Waals surface area contributed by atoms with E-state index in [4.69, 9.17) is 5.73 Å². The molecule has 1 aromatic carbocycles. The Balaban J connectivity index is 2.02. The van der Waals surface area contributed by atoms with E-state index in [1.807, 2.05) is 0 Å². The predicted octanol–water partition coefficient (Wildman–Crippen LogP) is 1.15. The molecule has 0 atom stereocenters. The zero-order chi connectivity index (χ0) is 13.0. The third-order valence-corrected chi connectivity index (χ3v) is 2.17. The van der Waals surface area contributed by atoms with Gasteiger partial charge in [-0.15, -0.1) is 0 Å². The minimum atomic E-state index is -0.634. The number of nitrogens with two attached hydrogens (primary N) is 1. The molecule has 0 aliphatic heterocycles. The summed E-state index contributed by atoms with van der Waals surface area (Å²) in [5, 5.41) is 11.3. The van der Waals surface area contributed by atoms with E-state index in [1.165, 1.54) is 12.4 Å². The van der Waals surface area contributed by atoms with Crippen LogP contribution >= 0.6 is 0 Å². The molecule has 1 heterocycles. The SMILES string of the molecule is NC(=O)Nc1ccc(NC(=O)c2cn[nH]c2)cc1. The van der Waals surface area contributed by atoms with Gasteiger partial charge < -0.3 is 16.4 Å². The molecule has 7 heteroatoms. The molecule has 0 bridgehead atoms. The van der Waals surface area contributed by atoms with Crippen molar-refractivity contribution in [1.82, 2.24) is 10.2 Å². The highest BCUT2D eigenvalue weighted by Crippen LogP contribution is 2.14. The van der Waals surface area contributed by atoms with E-state index in [9.17, 15) is 9.59 Å². The van der Waals surface area contributed by atoms with Gasteiger partial charge in [0.2, 0.25) is 0 Å². The van der Waals surface area contributed by atoms with Crippen LogP contribution in [0.2, 0.25) is 0 Å². The molecule has 2 aromatic rings. The minimum absolute atomic E-state index is 0.264. The number of anilines is 2. The Labute approximate surface area is 102 Å². The molecule has 0 fully saturated rings. The first-order valence-corrected chi connectivity index (χ1v) is 5.12. The number of H-pyrrole nitrogens is 1. The number of carbonyl (C=O) groups excluding carboxylic acids is 2. The Morgan fingerprint density at radius 1 is 1.11 bits per heavy atom. The lowest BCUT2D eigenvalue weighted by molar-refractivity contribution is 0.102. The van der Waals surface area contributed by atoms with Gasteiger partial charge in [0.25, 0.3) is 5.91 Å². The number of rotatable bonds is 3. The standard InChI is InChI=1S/C11H11N5O2/c12-11(18)16-9-3-1-8(2-4-9)15-10(17)7-5-13-14-6-7/h1-6H,(H,13,14)(H,15,17)(H3,12,16,18). The van der Waals surface area contributed by atoms with E-state index in [0.29, 0.717) is 16.9 Å². The van der Waals surface area contributed by atoms with Crippen LogP contribution in [0.15, 0.2) is 36.7 Å². The lowest BCUT2D eigenvalue weighted by Gasteiger charge is -2.05. The van der Waals surface area contributed by atoms with Crippen LogP contribution in [0.1, 0.15) is 10.4 Å². The molecule has 0 aliphatic carbocycles. The highest BCUT2D eigenvalue weighted by atomic mass is 16.2. The van der Waals surface area contributed by atoms with Crippen molar-refractivity contribution in [3.05, 3.63) is 42.2 Å². The summed E-state index contributed by atoms with van der Waals surface area (Å²) < 4.78 is 0. The number of nitrogens with one attached hydrogen (secondary N) is 3. The number of hydrogen-bond acceptors (Lipinski definition) is 3. The molecule has 2 rings (SSSR count). The van der Waals surface area contributed by atoms with Gasteiger partial charge in [0, 0.05) is 17.6 Å². The van der Waals surface area contributed by atoms with Crippen LogP contribution in [0.3, 0.4) is 0 Å². The second kappa shape index (κ2) is 5.00. The van der Waals surface area contributed by atoms with Crippen LogP contribution in [0.5, 0.6) is 0 Å². The predicted molar refractivity (Wildman–Crippen MR) is 66.2 cm³/mol. The average Bonchev–Trinajstić information content (AvgIpc) is 2.84. The van der Waals surface area contributed by atoms with E-state index in [2.05, 4.69) is 20.8 Å². The van der Waals surface area contributed by atoms with Gasteiger partial charge in [0.1, 0.15) is 0 Å².